The van der Waals surface area contributed by atoms with Crippen LogP contribution in [0.15, 0.2) is 24.3 Å². The molecule has 2 amide bonds. The minimum Gasteiger partial charge on any atom is -0.497 e. The monoisotopic (exact) mass is 276 g/mol. The van der Waals surface area contributed by atoms with Gasteiger partial charge in [0.2, 0.25) is 5.91 Å². The smallest absolute Gasteiger partial charge is 0.293 e. The molecule has 1 heterocycles. The van der Waals surface area contributed by atoms with E-state index in [-0.39, 0.29) is 12.4 Å². The van der Waals surface area contributed by atoms with Gasteiger partial charge in [-0.1, -0.05) is 0 Å². The maximum absolute atomic E-state index is 11.6. The van der Waals surface area contributed by atoms with Crippen LogP contribution < -0.4 is 15.8 Å². The highest BCUT2D eigenvalue weighted by Crippen LogP contribution is 2.13. The molecule has 1 aromatic heterocycles. The molecule has 0 saturated carbocycles. The van der Waals surface area contributed by atoms with Gasteiger partial charge >= 0.3 is 0 Å². The van der Waals surface area contributed by atoms with E-state index in [4.69, 9.17) is 10.5 Å². The molecule has 0 radical (unpaired) electrons. The average molecular weight is 276 g/mol. The first kappa shape index (κ1) is 13.5. The number of hydrogen-bond donors (Lipinski definition) is 2. The summed E-state index contributed by atoms with van der Waals surface area (Å²) in [4.78, 5) is 23.3. The molecule has 9 nitrogen and oxygen atoms in total. The molecule has 0 spiro atoms. The quantitative estimate of drug-likeness (QED) is 0.713. The molecule has 3 N–H and O–H groups in total. The van der Waals surface area contributed by atoms with Gasteiger partial charge in [0.1, 0.15) is 5.75 Å². The van der Waals surface area contributed by atoms with Crippen molar-refractivity contribution in [1.29, 1.82) is 0 Å². The number of methoxy groups -OCH3 is 1. The van der Waals surface area contributed by atoms with Crippen molar-refractivity contribution in [2.24, 2.45) is 5.73 Å². The Morgan fingerprint density at radius 3 is 2.65 bits per heavy atom. The topological polar surface area (TPSA) is 125 Å². The first-order valence-electron chi connectivity index (χ1n) is 5.61. The number of amides is 2. The number of nitrogens with zero attached hydrogens (tertiary/aromatic N) is 4. The summed E-state index contributed by atoms with van der Waals surface area (Å²) in [7, 11) is 1.56. The van der Waals surface area contributed by atoms with E-state index in [2.05, 4.69) is 20.7 Å². The minimum absolute atomic E-state index is 0.151. The van der Waals surface area contributed by atoms with Crippen LogP contribution in [0.4, 0.5) is 0 Å². The van der Waals surface area contributed by atoms with Gasteiger partial charge in [0, 0.05) is 0 Å². The molecule has 0 fully saturated rings. The van der Waals surface area contributed by atoms with Crippen molar-refractivity contribution in [3.05, 3.63) is 30.1 Å². The molecular weight excluding hydrogens is 264 g/mol. The van der Waals surface area contributed by atoms with E-state index >= 15 is 0 Å². The fraction of sp³-hybridized carbons (Fsp3) is 0.182. The molecule has 0 aliphatic heterocycles. The van der Waals surface area contributed by atoms with Gasteiger partial charge in [0.25, 0.3) is 11.7 Å². The van der Waals surface area contributed by atoms with Crippen molar-refractivity contribution in [2.75, 3.05) is 13.7 Å². The minimum atomic E-state index is -0.652. The lowest BCUT2D eigenvalue weighted by atomic mass is 10.3. The number of benzene rings is 1. The Morgan fingerprint density at radius 2 is 2.05 bits per heavy atom. The fourth-order valence-electron chi connectivity index (χ4n) is 1.38. The van der Waals surface area contributed by atoms with Crippen LogP contribution >= 0.6 is 0 Å². The van der Waals surface area contributed by atoms with Crippen molar-refractivity contribution in [1.82, 2.24) is 25.5 Å². The molecule has 0 aliphatic rings. The predicted molar refractivity (Wildman–Crippen MR) is 67.2 cm³/mol. The van der Waals surface area contributed by atoms with E-state index < -0.39 is 11.8 Å². The van der Waals surface area contributed by atoms with Crippen LogP contribution in [0.1, 0.15) is 10.6 Å². The molecule has 20 heavy (non-hydrogen) atoms. The van der Waals surface area contributed by atoms with Crippen LogP contribution in [0.25, 0.3) is 5.69 Å². The van der Waals surface area contributed by atoms with Crippen molar-refractivity contribution in [2.45, 2.75) is 0 Å². The number of hydrogen-bond acceptors (Lipinski definition) is 6. The van der Waals surface area contributed by atoms with E-state index in [1.165, 1.54) is 4.80 Å². The van der Waals surface area contributed by atoms with E-state index in [0.717, 1.165) is 0 Å². The Hall–Kier alpha value is -2.97. The molecule has 9 heteroatoms. The SMILES string of the molecule is COc1ccc(-n2nnc(C(=O)NCC(N)=O)n2)cc1. The molecule has 0 atom stereocenters. The second kappa shape index (κ2) is 5.78. The number of primary amides is 1. The third kappa shape index (κ3) is 3.07. The number of aromatic nitrogens is 4. The normalized spacial score (nSPS) is 10.1. The van der Waals surface area contributed by atoms with Gasteiger partial charge in [-0.3, -0.25) is 9.59 Å². The van der Waals surface area contributed by atoms with Crippen LogP contribution in [0.5, 0.6) is 5.75 Å². The maximum atomic E-state index is 11.6. The van der Waals surface area contributed by atoms with Gasteiger partial charge in [-0.15, -0.1) is 15.0 Å². The first-order chi connectivity index (χ1) is 9.60. The molecule has 0 bridgehead atoms. The zero-order valence-corrected chi connectivity index (χ0v) is 10.6. The number of ether oxygens (including phenoxy) is 1. The van der Waals surface area contributed by atoms with Crippen molar-refractivity contribution < 1.29 is 14.3 Å². The van der Waals surface area contributed by atoms with Gasteiger partial charge in [0.05, 0.1) is 19.3 Å². The number of carbonyl (C=O) groups is 2. The summed E-state index contributed by atoms with van der Waals surface area (Å²) in [6.45, 7) is -0.282. The molecular formula is C11H12N6O3. The summed E-state index contributed by atoms with van der Waals surface area (Å²) in [6, 6.07) is 6.88. The Bertz CT molecular complexity index is 621. The standard InChI is InChI=1S/C11H12N6O3/c1-20-8-4-2-7(3-5-8)17-15-10(14-16-17)11(19)13-6-9(12)18/h2-5H,6H2,1H3,(H2,12,18)(H,13,19). The van der Waals surface area contributed by atoms with Crippen molar-refractivity contribution >= 4 is 11.8 Å². The zero-order chi connectivity index (χ0) is 14.5. The average Bonchev–Trinajstić information content (AvgIpc) is 2.94. The zero-order valence-electron chi connectivity index (χ0n) is 10.6. The molecule has 0 unspecified atom stereocenters. The van der Waals surface area contributed by atoms with Crippen LogP contribution in [0.3, 0.4) is 0 Å². The lowest BCUT2D eigenvalue weighted by Crippen LogP contribution is -2.33. The Morgan fingerprint density at radius 1 is 1.35 bits per heavy atom. The summed E-state index contributed by atoms with van der Waals surface area (Å²) in [5.74, 6) is -0.736. The number of nitrogens with one attached hydrogen (secondary N) is 1. The Labute approximate surface area is 113 Å². The van der Waals surface area contributed by atoms with Crippen molar-refractivity contribution in [3.8, 4) is 11.4 Å². The van der Waals surface area contributed by atoms with Crippen LogP contribution in [-0.4, -0.2) is 45.7 Å². The number of rotatable bonds is 5. The van der Waals surface area contributed by atoms with Gasteiger partial charge in [-0.2, -0.15) is 0 Å². The van der Waals surface area contributed by atoms with Gasteiger partial charge in [-0.25, -0.2) is 0 Å². The largest absolute Gasteiger partial charge is 0.497 e. The molecule has 104 valence electrons. The third-order valence-electron chi connectivity index (χ3n) is 2.34. The number of carbonyl (C=O) groups excluding carboxylic acids is 2. The predicted octanol–water partition coefficient (Wildman–Crippen LogP) is -1.11. The molecule has 1 aromatic carbocycles. The fourth-order valence-corrected chi connectivity index (χ4v) is 1.38. The van der Waals surface area contributed by atoms with Crippen LogP contribution in [-0.2, 0) is 4.79 Å². The second-order valence-corrected chi connectivity index (χ2v) is 3.75. The highest BCUT2D eigenvalue weighted by molar-refractivity contribution is 5.92. The van der Waals surface area contributed by atoms with E-state index in [0.29, 0.717) is 11.4 Å². The highest BCUT2D eigenvalue weighted by atomic mass is 16.5. The van der Waals surface area contributed by atoms with Gasteiger partial charge < -0.3 is 15.8 Å². The summed E-state index contributed by atoms with van der Waals surface area (Å²) in [5, 5.41) is 13.5. The second-order valence-electron chi connectivity index (χ2n) is 3.75. The Balaban J connectivity index is 2.11. The molecule has 0 aliphatic carbocycles. The van der Waals surface area contributed by atoms with E-state index in [9.17, 15) is 9.59 Å². The maximum Gasteiger partial charge on any atom is 0.293 e. The highest BCUT2D eigenvalue weighted by Gasteiger charge is 2.13. The van der Waals surface area contributed by atoms with Crippen LogP contribution in [0, 0.1) is 0 Å². The summed E-state index contributed by atoms with van der Waals surface area (Å²) < 4.78 is 5.03. The summed E-state index contributed by atoms with van der Waals surface area (Å²) in [5.41, 5.74) is 5.53. The first-order valence-corrected chi connectivity index (χ1v) is 5.61. The number of nitrogens with two attached hydrogens (primary N) is 1. The molecule has 2 rings (SSSR count). The van der Waals surface area contributed by atoms with Crippen molar-refractivity contribution in [3.63, 3.8) is 0 Å². The lowest BCUT2D eigenvalue weighted by Gasteiger charge is -2.01. The third-order valence-corrected chi connectivity index (χ3v) is 2.34. The Kier molecular flexibility index (Phi) is 3.89. The molecule has 0 saturated heterocycles. The van der Waals surface area contributed by atoms with Gasteiger partial charge in [-0.05, 0) is 29.5 Å². The van der Waals surface area contributed by atoms with Crippen LogP contribution in [0.2, 0.25) is 0 Å². The lowest BCUT2D eigenvalue weighted by molar-refractivity contribution is -0.117. The van der Waals surface area contributed by atoms with Gasteiger partial charge in [0.15, 0.2) is 0 Å². The van der Waals surface area contributed by atoms with E-state index in [1.807, 2.05) is 0 Å². The molecule has 2 aromatic rings. The number of tetrazole rings is 1. The summed E-state index contributed by atoms with van der Waals surface area (Å²) in [6.07, 6.45) is 0. The van der Waals surface area contributed by atoms with E-state index in [1.54, 1.807) is 31.4 Å². The summed E-state index contributed by atoms with van der Waals surface area (Å²) >= 11 is 0.